The SMILES string of the molecule is COC(=O)C1CC(F)CCC1C(=O)OCc1ccccc1. The van der Waals surface area contributed by atoms with Crippen LogP contribution in [0.5, 0.6) is 0 Å². The minimum atomic E-state index is -1.06. The summed E-state index contributed by atoms with van der Waals surface area (Å²) in [7, 11) is 1.25. The highest BCUT2D eigenvalue weighted by Crippen LogP contribution is 2.33. The lowest BCUT2D eigenvalue weighted by molar-refractivity contribution is -0.163. The van der Waals surface area contributed by atoms with Crippen LogP contribution in [0, 0.1) is 11.8 Å². The Hall–Kier alpha value is -1.91. The van der Waals surface area contributed by atoms with Crippen molar-refractivity contribution in [3.8, 4) is 0 Å². The summed E-state index contributed by atoms with van der Waals surface area (Å²) in [5.74, 6) is -2.37. The van der Waals surface area contributed by atoms with E-state index in [4.69, 9.17) is 4.74 Å². The molecular formula is C16H19FO4. The first-order valence-electron chi connectivity index (χ1n) is 7.04. The quantitative estimate of drug-likeness (QED) is 0.801. The van der Waals surface area contributed by atoms with Crippen molar-refractivity contribution in [1.82, 2.24) is 0 Å². The van der Waals surface area contributed by atoms with Gasteiger partial charge in [-0.2, -0.15) is 0 Å². The van der Waals surface area contributed by atoms with Crippen LogP contribution >= 0.6 is 0 Å². The first kappa shape index (κ1) is 15.5. The molecule has 1 aromatic rings. The number of alkyl halides is 1. The molecule has 0 N–H and O–H groups in total. The van der Waals surface area contributed by atoms with Gasteiger partial charge in [0.2, 0.25) is 0 Å². The topological polar surface area (TPSA) is 52.6 Å². The molecular weight excluding hydrogens is 275 g/mol. The largest absolute Gasteiger partial charge is 0.469 e. The predicted octanol–water partition coefficient (Wildman–Crippen LogP) is 2.66. The summed E-state index contributed by atoms with van der Waals surface area (Å²) in [5, 5.41) is 0. The molecule has 5 heteroatoms. The lowest BCUT2D eigenvalue weighted by Crippen LogP contribution is -2.37. The van der Waals surface area contributed by atoms with Crippen molar-refractivity contribution in [2.24, 2.45) is 11.8 Å². The van der Waals surface area contributed by atoms with Crippen LogP contribution in [0.25, 0.3) is 0 Å². The second kappa shape index (κ2) is 7.20. The molecule has 2 rings (SSSR count). The maximum Gasteiger partial charge on any atom is 0.310 e. The highest BCUT2D eigenvalue weighted by atomic mass is 19.1. The van der Waals surface area contributed by atoms with Crippen molar-refractivity contribution in [2.75, 3.05) is 7.11 Å². The number of hydrogen-bond donors (Lipinski definition) is 0. The molecule has 1 saturated carbocycles. The lowest BCUT2D eigenvalue weighted by atomic mass is 9.78. The van der Waals surface area contributed by atoms with E-state index in [1.54, 1.807) is 0 Å². The van der Waals surface area contributed by atoms with E-state index >= 15 is 0 Å². The normalized spacial score (nSPS) is 25.1. The number of methoxy groups -OCH3 is 1. The van der Waals surface area contributed by atoms with Crippen molar-refractivity contribution in [1.29, 1.82) is 0 Å². The van der Waals surface area contributed by atoms with Crippen LogP contribution in [-0.4, -0.2) is 25.2 Å². The molecule has 0 aromatic heterocycles. The molecule has 1 aliphatic carbocycles. The van der Waals surface area contributed by atoms with E-state index in [1.807, 2.05) is 30.3 Å². The Morgan fingerprint density at radius 3 is 2.52 bits per heavy atom. The maximum absolute atomic E-state index is 13.5. The predicted molar refractivity (Wildman–Crippen MR) is 74.0 cm³/mol. The molecule has 0 spiro atoms. The van der Waals surface area contributed by atoms with Crippen molar-refractivity contribution in [2.45, 2.75) is 32.0 Å². The van der Waals surface area contributed by atoms with Gasteiger partial charge in [0.15, 0.2) is 0 Å². The lowest BCUT2D eigenvalue weighted by Gasteiger charge is -2.29. The minimum absolute atomic E-state index is 0.0256. The van der Waals surface area contributed by atoms with Gasteiger partial charge in [-0.05, 0) is 24.8 Å². The minimum Gasteiger partial charge on any atom is -0.469 e. The number of hydrogen-bond acceptors (Lipinski definition) is 4. The Labute approximate surface area is 123 Å². The van der Waals surface area contributed by atoms with Crippen LogP contribution in [0.1, 0.15) is 24.8 Å². The fourth-order valence-electron chi connectivity index (χ4n) is 2.65. The summed E-state index contributed by atoms with van der Waals surface area (Å²) in [4.78, 5) is 23.9. The molecule has 114 valence electrons. The number of rotatable bonds is 4. The van der Waals surface area contributed by atoms with Crippen molar-refractivity contribution < 1.29 is 23.5 Å². The first-order valence-corrected chi connectivity index (χ1v) is 7.04. The third-order valence-corrected chi connectivity index (χ3v) is 3.82. The third-order valence-electron chi connectivity index (χ3n) is 3.82. The number of carbonyl (C=O) groups is 2. The molecule has 1 fully saturated rings. The van der Waals surface area contributed by atoms with E-state index in [0.29, 0.717) is 6.42 Å². The second-order valence-electron chi connectivity index (χ2n) is 5.24. The van der Waals surface area contributed by atoms with E-state index in [2.05, 4.69) is 4.74 Å². The summed E-state index contributed by atoms with van der Waals surface area (Å²) in [5.41, 5.74) is 0.875. The molecule has 0 radical (unpaired) electrons. The zero-order valence-corrected chi connectivity index (χ0v) is 12.0. The number of carbonyl (C=O) groups excluding carboxylic acids is 2. The first-order chi connectivity index (χ1) is 10.1. The van der Waals surface area contributed by atoms with Gasteiger partial charge in [-0.15, -0.1) is 0 Å². The number of halogens is 1. The van der Waals surface area contributed by atoms with E-state index in [0.717, 1.165) is 5.56 Å². The van der Waals surface area contributed by atoms with Gasteiger partial charge in [-0.25, -0.2) is 4.39 Å². The smallest absolute Gasteiger partial charge is 0.310 e. The molecule has 3 unspecified atom stereocenters. The Kier molecular flexibility index (Phi) is 5.31. The van der Waals surface area contributed by atoms with Crippen LogP contribution in [0.3, 0.4) is 0 Å². The average Bonchev–Trinajstić information content (AvgIpc) is 2.52. The highest BCUT2D eigenvalue weighted by Gasteiger charge is 2.41. The van der Waals surface area contributed by atoms with E-state index in [-0.39, 0.29) is 19.4 Å². The molecule has 1 aromatic carbocycles. The summed E-state index contributed by atoms with van der Waals surface area (Å²) >= 11 is 0. The summed E-state index contributed by atoms with van der Waals surface area (Å²) in [6.07, 6.45) is -0.447. The maximum atomic E-state index is 13.5. The van der Waals surface area contributed by atoms with Gasteiger partial charge in [0.25, 0.3) is 0 Å². The van der Waals surface area contributed by atoms with E-state index in [9.17, 15) is 14.0 Å². The Bertz CT molecular complexity index is 488. The molecule has 0 aliphatic heterocycles. The molecule has 3 atom stereocenters. The standard InChI is InChI=1S/C16H19FO4/c1-20-15(18)14-9-12(17)7-8-13(14)16(19)21-10-11-5-3-2-4-6-11/h2-6,12-14H,7-10H2,1H3. The molecule has 21 heavy (non-hydrogen) atoms. The fraction of sp³-hybridized carbons (Fsp3) is 0.500. The molecule has 0 heterocycles. The summed E-state index contributed by atoms with van der Waals surface area (Å²) in [6.45, 7) is 0.156. The van der Waals surface area contributed by atoms with E-state index < -0.39 is 29.9 Å². The van der Waals surface area contributed by atoms with Gasteiger partial charge in [0.1, 0.15) is 12.8 Å². The van der Waals surface area contributed by atoms with Gasteiger partial charge >= 0.3 is 11.9 Å². The molecule has 1 aliphatic rings. The highest BCUT2D eigenvalue weighted by molar-refractivity contribution is 5.82. The molecule has 4 nitrogen and oxygen atoms in total. The van der Waals surface area contributed by atoms with Crippen LogP contribution in [0.2, 0.25) is 0 Å². The van der Waals surface area contributed by atoms with Crippen molar-refractivity contribution in [3.63, 3.8) is 0 Å². The van der Waals surface area contributed by atoms with Crippen LogP contribution in [0.4, 0.5) is 4.39 Å². The summed E-state index contributed by atoms with van der Waals surface area (Å²) in [6, 6.07) is 9.29. The Morgan fingerprint density at radius 1 is 1.14 bits per heavy atom. The van der Waals surface area contributed by atoms with E-state index in [1.165, 1.54) is 7.11 Å². The Balaban J connectivity index is 1.97. The van der Waals surface area contributed by atoms with Crippen LogP contribution in [0.15, 0.2) is 30.3 Å². The van der Waals surface area contributed by atoms with Gasteiger partial charge in [0.05, 0.1) is 18.9 Å². The van der Waals surface area contributed by atoms with Gasteiger partial charge in [0, 0.05) is 0 Å². The van der Waals surface area contributed by atoms with Gasteiger partial charge < -0.3 is 9.47 Å². The van der Waals surface area contributed by atoms with Gasteiger partial charge in [-0.3, -0.25) is 9.59 Å². The average molecular weight is 294 g/mol. The third kappa shape index (κ3) is 4.03. The molecule has 0 saturated heterocycles. The number of benzene rings is 1. The summed E-state index contributed by atoms with van der Waals surface area (Å²) < 4.78 is 23.4. The van der Waals surface area contributed by atoms with Crippen LogP contribution < -0.4 is 0 Å². The molecule has 0 amide bonds. The number of esters is 2. The fourth-order valence-corrected chi connectivity index (χ4v) is 2.65. The zero-order valence-electron chi connectivity index (χ0n) is 12.0. The monoisotopic (exact) mass is 294 g/mol. The zero-order chi connectivity index (χ0) is 15.2. The second-order valence-corrected chi connectivity index (χ2v) is 5.24. The van der Waals surface area contributed by atoms with Crippen molar-refractivity contribution >= 4 is 11.9 Å². The van der Waals surface area contributed by atoms with Gasteiger partial charge in [-0.1, -0.05) is 30.3 Å². The molecule has 0 bridgehead atoms. The Morgan fingerprint density at radius 2 is 1.86 bits per heavy atom. The van der Waals surface area contributed by atoms with Crippen molar-refractivity contribution in [3.05, 3.63) is 35.9 Å². The van der Waals surface area contributed by atoms with Crippen LogP contribution in [-0.2, 0) is 25.7 Å². The number of ether oxygens (including phenoxy) is 2.